The van der Waals surface area contributed by atoms with Crippen LogP contribution < -0.4 is 10.4 Å². The molecule has 2 aromatic carbocycles. The van der Waals surface area contributed by atoms with E-state index in [4.69, 9.17) is 0 Å². The summed E-state index contributed by atoms with van der Waals surface area (Å²) in [4.78, 5) is 23.9. The molecule has 8 nitrogen and oxygen atoms in total. The Labute approximate surface area is 215 Å². The second kappa shape index (κ2) is 12.4. The number of aryl methyl sites for hydroxylation is 1. The minimum absolute atomic E-state index is 0.144. The average Bonchev–Trinajstić information content (AvgIpc) is 3.22. The Balaban J connectivity index is 1.96. The number of carbonyl (C=O) groups is 2. The number of hydrogen-bond acceptors (Lipinski definition) is 6. The van der Waals surface area contributed by atoms with Crippen LogP contribution >= 0.6 is 0 Å². The lowest BCUT2D eigenvalue weighted by Gasteiger charge is -2.14. The summed E-state index contributed by atoms with van der Waals surface area (Å²) < 4.78 is 15.1. The number of aliphatic carboxylic acids is 1. The van der Waals surface area contributed by atoms with Gasteiger partial charge in [0.05, 0.1) is 23.6 Å². The molecule has 0 saturated heterocycles. The molecule has 0 fully saturated rings. The van der Waals surface area contributed by atoms with Crippen LogP contribution in [0.3, 0.4) is 0 Å². The van der Waals surface area contributed by atoms with Crippen LogP contribution in [0.15, 0.2) is 54.6 Å². The fourth-order valence-corrected chi connectivity index (χ4v) is 3.93. The number of amides is 1. The van der Waals surface area contributed by atoms with Gasteiger partial charge in [0.25, 0.3) is 5.91 Å². The number of hydrogen-bond donors (Lipinski definition) is 3. The van der Waals surface area contributed by atoms with Crippen LogP contribution in [0.4, 0.5) is 4.39 Å². The molecule has 3 rings (SSSR count). The number of benzene rings is 2. The number of aliphatic hydroxyl groups is 2. The highest BCUT2D eigenvalue weighted by Gasteiger charge is 2.25. The SMILES string of the molecule is Cc1ccc(CNC(=O)c2nn(-c3ccc(F)cc3)c(/C=C/[C@@H](O)C[C@@H](O)CC(=O)[O-])c2C(C)C)cc1. The second-order valence-corrected chi connectivity index (χ2v) is 9.25. The Morgan fingerprint density at radius 1 is 1.11 bits per heavy atom. The third-order valence-electron chi connectivity index (χ3n) is 5.79. The molecule has 9 heteroatoms. The summed E-state index contributed by atoms with van der Waals surface area (Å²) in [5.41, 5.74) is 3.85. The maximum absolute atomic E-state index is 13.6. The fourth-order valence-electron chi connectivity index (χ4n) is 3.93. The average molecular weight is 509 g/mol. The predicted molar refractivity (Wildman–Crippen MR) is 135 cm³/mol. The van der Waals surface area contributed by atoms with Crippen LogP contribution in [0.5, 0.6) is 0 Å². The van der Waals surface area contributed by atoms with E-state index in [9.17, 15) is 29.3 Å². The lowest BCUT2D eigenvalue weighted by Crippen LogP contribution is -2.29. The zero-order valence-electron chi connectivity index (χ0n) is 21.0. The minimum Gasteiger partial charge on any atom is -0.550 e. The third kappa shape index (κ3) is 7.58. The van der Waals surface area contributed by atoms with Crippen molar-refractivity contribution >= 4 is 18.0 Å². The van der Waals surface area contributed by atoms with Gasteiger partial charge in [-0.25, -0.2) is 9.07 Å². The third-order valence-corrected chi connectivity index (χ3v) is 5.79. The van der Waals surface area contributed by atoms with E-state index in [1.54, 1.807) is 6.08 Å². The first kappa shape index (κ1) is 27.8. The number of aliphatic hydroxyl groups excluding tert-OH is 2. The molecule has 0 aliphatic heterocycles. The first-order valence-corrected chi connectivity index (χ1v) is 12.0. The molecule has 0 spiro atoms. The van der Waals surface area contributed by atoms with Gasteiger partial charge in [0.2, 0.25) is 0 Å². The highest BCUT2D eigenvalue weighted by molar-refractivity contribution is 5.95. The molecule has 1 aromatic heterocycles. The number of halogens is 1. The van der Waals surface area contributed by atoms with Crippen molar-refractivity contribution in [2.45, 2.75) is 58.3 Å². The van der Waals surface area contributed by atoms with Crippen molar-refractivity contribution < 1.29 is 29.3 Å². The molecule has 0 bridgehead atoms. The molecule has 3 N–H and O–H groups in total. The largest absolute Gasteiger partial charge is 0.550 e. The minimum atomic E-state index is -1.42. The van der Waals surface area contributed by atoms with Gasteiger partial charge in [0, 0.05) is 30.9 Å². The van der Waals surface area contributed by atoms with E-state index < -0.39 is 30.4 Å². The van der Waals surface area contributed by atoms with Crippen molar-refractivity contribution in [1.82, 2.24) is 15.1 Å². The van der Waals surface area contributed by atoms with Gasteiger partial charge in [0.1, 0.15) is 5.82 Å². The normalized spacial score (nSPS) is 13.2. The summed E-state index contributed by atoms with van der Waals surface area (Å²) in [5, 5.41) is 38.3. The molecular formula is C28H31FN3O5-. The Morgan fingerprint density at radius 2 is 1.76 bits per heavy atom. The van der Waals surface area contributed by atoms with E-state index in [1.165, 1.54) is 35.0 Å². The molecule has 0 aliphatic rings. The van der Waals surface area contributed by atoms with E-state index in [-0.39, 0.29) is 23.9 Å². The molecule has 3 aromatic rings. The molecule has 196 valence electrons. The number of carbonyl (C=O) groups excluding carboxylic acids is 2. The molecule has 0 aliphatic carbocycles. The Bertz CT molecular complexity index is 1250. The van der Waals surface area contributed by atoms with Gasteiger partial charge < -0.3 is 25.4 Å². The maximum atomic E-state index is 13.6. The zero-order chi connectivity index (χ0) is 27.1. The van der Waals surface area contributed by atoms with Gasteiger partial charge in [0.15, 0.2) is 5.69 Å². The smallest absolute Gasteiger partial charge is 0.272 e. The van der Waals surface area contributed by atoms with Crippen molar-refractivity contribution in [3.63, 3.8) is 0 Å². The van der Waals surface area contributed by atoms with Crippen LogP contribution in [-0.2, 0) is 11.3 Å². The monoisotopic (exact) mass is 508 g/mol. The van der Waals surface area contributed by atoms with Crippen LogP contribution in [0.25, 0.3) is 11.8 Å². The van der Waals surface area contributed by atoms with Crippen molar-refractivity contribution in [2.75, 3.05) is 0 Å². The van der Waals surface area contributed by atoms with Gasteiger partial charge in [-0.1, -0.05) is 49.8 Å². The molecule has 0 saturated carbocycles. The van der Waals surface area contributed by atoms with Gasteiger partial charge in [-0.2, -0.15) is 5.10 Å². The number of aromatic nitrogens is 2. The second-order valence-electron chi connectivity index (χ2n) is 9.25. The van der Waals surface area contributed by atoms with Crippen molar-refractivity contribution in [1.29, 1.82) is 0 Å². The number of rotatable bonds is 11. The fraction of sp³-hybridized carbons (Fsp3) is 0.321. The van der Waals surface area contributed by atoms with Gasteiger partial charge >= 0.3 is 0 Å². The zero-order valence-corrected chi connectivity index (χ0v) is 21.0. The maximum Gasteiger partial charge on any atom is 0.272 e. The van der Waals surface area contributed by atoms with Gasteiger partial charge in [-0.05, 0) is 48.7 Å². The van der Waals surface area contributed by atoms with E-state index in [2.05, 4.69) is 10.4 Å². The van der Waals surface area contributed by atoms with Crippen molar-refractivity contribution in [3.8, 4) is 5.69 Å². The standard InChI is InChI=1S/C28H32FN3O5/c1-17(2)26-24(13-12-22(33)14-23(34)15-25(35)36)32(21-10-8-20(29)9-11-21)31-27(26)28(37)30-16-19-6-4-18(3)5-7-19/h4-13,17,22-23,33-34H,14-16H2,1-3H3,(H,30,37)(H,35,36)/p-1/b13-12+/t22-,23-/m1/s1. The lowest BCUT2D eigenvalue weighted by molar-refractivity contribution is -0.307. The summed E-state index contributed by atoms with van der Waals surface area (Å²) in [6, 6.07) is 13.4. The predicted octanol–water partition coefficient (Wildman–Crippen LogP) is 2.64. The lowest BCUT2D eigenvalue weighted by atomic mass is 9.98. The molecule has 0 radical (unpaired) electrons. The summed E-state index contributed by atoms with van der Waals surface area (Å²) in [7, 11) is 0. The number of nitrogens with zero attached hydrogens (tertiary/aromatic N) is 2. The van der Waals surface area contributed by atoms with Crippen molar-refractivity contribution in [3.05, 3.63) is 88.5 Å². The summed E-state index contributed by atoms with van der Waals surface area (Å²) >= 11 is 0. The number of nitrogens with one attached hydrogen (secondary N) is 1. The Hall–Kier alpha value is -3.82. The highest BCUT2D eigenvalue weighted by Crippen LogP contribution is 2.28. The van der Waals surface area contributed by atoms with E-state index in [1.807, 2.05) is 45.0 Å². The van der Waals surface area contributed by atoms with Crippen molar-refractivity contribution in [2.24, 2.45) is 0 Å². The summed E-state index contributed by atoms with van der Waals surface area (Å²) in [5.74, 6) is -2.37. The van der Waals surface area contributed by atoms with Gasteiger partial charge in [-0.3, -0.25) is 4.79 Å². The number of carboxylic acid groups (broad SMARTS) is 1. The number of carboxylic acids is 1. The van der Waals surface area contributed by atoms with E-state index in [0.29, 0.717) is 23.5 Å². The molecule has 2 atom stereocenters. The van der Waals surface area contributed by atoms with Gasteiger partial charge in [-0.15, -0.1) is 0 Å². The van der Waals surface area contributed by atoms with E-state index >= 15 is 0 Å². The molecule has 0 unspecified atom stereocenters. The van der Waals surface area contributed by atoms with Crippen LogP contribution in [0, 0.1) is 12.7 Å². The van der Waals surface area contributed by atoms with E-state index in [0.717, 1.165) is 11.1 Å². The first-order chi connectivity index (χ1) is 17.5. The first-order valence-electron chi connectivity index (χ1n) is 12.0. The quantitative estimate of drug-likeness (QED) is 0.365. The highest BCUT2D eigenvalue weighted by atomic mass is 19.1. The molecule has 1 heterocycles. The Kier molecular flexibility index (Phi) is 9.32. The summed E-state index contributed by atoms with van der Waals surface area (Å²) in [6.07, 6.45) is -0.283. The molecular weight excluding hydrogens is 477 g/mol. The van der Waals surface area contributed by atoms with Crippen LogP contribution in [0.1, 0.15) is 65.5 Å². The molecule has 1 amide bonds. The van der Waals surface area contributed by atoms with Crippen LogP contribution in [-0.4, -0.2) is 44.1 Å². The molecule has 37 heavy (non-hydrogen) atoms. The topological polar surface area (TPSA) is 128 Å². The summed E-state index contributed by atoms with van der Waals surface area (Å²) in [6.45, 7) is 6.09. The Morgan fingerprint density at radius 3 is 2.35 bits per heavy atom. The van der Waals surface area contributed by atoms with Crippen LogP contribution in [0.2, 0.25) is 0 Å².